The average Bonchev–Trinajstić information content (AvgIpc) is 2.75. The smallest absolute Gasteiger partial charge is 0.338 e. The molecule has 0 aromatic heterocycles. The van der Waals surface area contributed by atoms with E-state index >= 15 is 0 Å². The van der Waals surface area contributed by atoms with Crippen molar-refractivity contribution >= 4 is 11.7 Å². The van der Waals surface area contributed by atoms with Crippen LogP contribution in [0.3, 0.4) is 0 Å². The highest BCUT2D eigenvalue weighted by Crippen LogP contribution is 2.23. The summed E-state index contributed by atoms with van der Waals surface area (Å²) < 4.78 is 10.2. The van der Waals surface area contributed by atoms with E-state index < -0.39 is 0 Å². The molecule has 1 aliphatic heterocycles. The van der Waals surface area contributed by atoms with Crippen molar-refractivity contribution in [1.29, 1.82) is 0 Å². The van der Waals surface area contributed by atoms with Crippen LogP contribution in [0.15, 0.2) is 18.2 Å². The van der Waals surface area contributed by atoms with Crippen LogP contribution in [0.1, 0.15) is 22.8 Å². The number of esters is 1. The number of carbonyl (C=O) groups excluding carboxylic acids is 1. The number of nitrogens with one attached hydrogen (secondary N) is 1. The Kier molecular flexibility index (Phi) is 3.64. The highest BCUT2D eigenvalue weighted by molar-refractivity contribution is 5.91. The van der Waals surface area contributed by atoms with Crippen LogP contribution < -0.4 is 5.32 Å². The van der Waals surface area contributed by atoms with E-state index in [1.165, 1.54) is 5.56 Å². The second-order valence-electron chi connectivity index (χ2n) is 4.22. The Hall–Kier alpha value is -1.55. The lowest BCUT2D eigenvalue weighted by Crippen LogP contribution is -2.19. The van der Waals surface area contributed by atoms with Crippen molar-refractivity contribution in [1.82, 2.24) is 0 Å². The summed E-state index contributed by atoms with van der Waals surface area (Å²) in [5.74, 6) is -0.300. The molecular weight excluding hydrogens is 218 g/mol. The predicted molar refractivity (Wildman–Crippen MR) is 65.4 cm³/mol. The van der Waals surface area contributed by atoms with Gasteiger partial charge in [0, 0.05) is 19.3 Å². The molecule has 4 nitrogen and oxygen atoms in total. The van der Waals surface area contributed by atoms with Crippen LogP contribution in [0, 0.1) is 0 Å². The van der Waals surface area contributed by atoms with Gasteiger partial charge in [-0.25, -0.2) is 4.79 Å². The van der Waals surface area contributed by atoms with Crippen molar-refractivity contribution in [3.05, 3.63) is 29.3 Å². The summed E-state index contributed by atoms with van der Waals surface area (Å²) in [6.45, 7) is 3.16. The zero-order valence-electron chi connectivity index (χ0n) is 10.2. The quantitative estimate of drug-likeness (QED) is 0.809. The molecule has 1 heterocycles. The van der Waals surface area contributed by atoms with Gasteiger partial charge in [-0.2, -0.15) is 0 Å². The molecule has 1 aliphatic rings. The molecule has 1 aromatic carbocycles. The molecule has 17 heavy (non-hydrogen) atoms. The number of carbonyl (C=O) groups is 1. The van der Waals surface area contributed by atoms with Crippen molar-refractivity contribution < 1.29 is 14.3 Å². The molecule has 0 aliphatic carbocycles. The fourth-order valence-electron chi connectivity index (χ4n) is 1.94. The Morgan fingerprint density at radius 2 is 2.35 bits per heavy atom. The molecule has 1 aromatic rings. The number of hydrogen-bond donors (Lipinski definition) is 1. The Balaban J connectivity index is 2.04. The summed E-state index contributed by atoms with van der Waals surface area (Å²) in [6, 6.07) is 5.64. The number of fused-ring (bicyclic) bond motifs is 1. The van der Waals surface area contributed by atoms with E-state index in [1.807, 2.05) is 25.1 Å². The summed E-state index contributed by atoms with van der Waals surface area (Å²) in [4.78, 5) is 11.8. The Morgan fingerprint density at radius 1 is 1.53 bits per heavy atom. The summed E-state index contributed by atoms with van der Waals surface area (Å²) >= 11 is 0. The highest BCUT2D eigenvalue weighted by Gasteiger charge is 2.16. The normalized spacial score (nSPS) is 14.9. The Morgan fingerprint density at radius 3 is 3.12 bits per heavy atom. The molecule has 2 rings (SSSR count). The third kappa shape index (κ3) is 2.77. The number of benzene rings is 1. The first-order valence-electron chi connectivity index (χ1n) is 5.77. The minimum Gasteiger partial charge on any atom is -0.457 e. The third-order valence-corrected chi connectivity index (χ3v) is 2.76. The number of hydrogen-bond acceptors (Lipinski definition) is 4. The molecule has 1 atom stereocenters. The number of ether oxygens (including phenoxy) is 2. The van der Waals surface area contributed by atoms with Gasteiger partial charge in [0.05, 0.1) is 12.2 Å². The van der Waals surface area contributed by atoms with Crippen LogP contribution in [0.4, 0.5) is 5.69 Å². The zero-order chi connectivity index (χ0) is 12.3. The van der Waals surface area contributed by atoms with E-state index in [-0.39, 0.29) is 12.1 Å². The molecule has 0 amide bonds. The van der Waals surface area contributed by atoms with Gasteiger partial charge in [-0.1, -0.05) is 6.07 Å². The van der Waals surface area contributed by atoms with Gasteiger partial charge < -0.3 is 14.8 Å². The van der Waals surface area contributed by atoms with Gasteiger partial charge in [0.15, 0.2) is 0 Å². The second kappa shape index (κ2) is 5.19. The Bertz CT molecular complexity index is 417. The first-order valence-corrected chi connectivity index (χ1v) is 5.77. The monoisotopic (exact) mass is 235 g/mol. The van der Waals surface area contributed by atoms with Crippen molar-refractivity contribution in [2.45, 2.75) is 19.4 Å². The zero-order valence-corrected chi connectivity index (χ0v) is 10.2. The van der Waals surface area contributed by atoms with Crippen LogP contribution in [-0.2, 0) is 15.9 Å². The summed E-state index contributed by atoms with van der Waals surface area (Å²) in [5, 5.41) is 3.24. The summed E-state index contributed by atoms with van der Waals surface area (Å²) in [6.07, 6.45) is 0.791. The van der Waals surface area contributed by atoms with Crippen LogP contribution >= 0.6 is 0 Å². The maximum Gasteiger partial charge on any atom is 0.338 e. The molecule has 0 saturated heterocycles. The standard InChI is InChI=1S/C13H17NO3/c1-9(8-16-2)17-13(15)11-4-3-10-5-6-14-12(10)7-11/h3-4,7,9,14H,5-6,8H2,1-2H3. The molecule has 1 unspecified atom stereocenters. The highest BCUT2D eigenvalue weighted by atomic mass is 16.6. The van der Waals surface area contributed by atoms with Crippen molar-refractivity contribution in [3.8, 4) is 0 Å². The molecule has 0 saturated carbocycles. The lowest BCUT2D eigenvalue weighted by Gasteiger charge is -2.12. The van der Waals surface area contributed by atoms with Gasteiger partial charge in [-0.05, 0) is 31.0 Å². The van der Waals surface area contributed by atoms with E-state index in [0.717, 1.165) is 18.7 Å². The van der Waals surface area contributed by atoms with Gasteiger partial charge in [0.25, 0.3) is 0 Å². The van der Waals surface area contributed by atoms with Crippen molar-refractivity contribution in [2.24, 2.45) is 0 Å². The minimum absolute atomic E-state index is 0.228. The maximum absolute atomic E-state index is 11.8. The molecule has 0 spiro atoms. The topological polar surface area (TPSA) is 47.6 Å². The van der Waals surface area contributed by atoms with Crippen molar-refractivity contribution in [2.75, 3.05) is 25.6 Å². The van der Waals surface area contributed by atoms with E-state index in [0.29, 0.717) is 12.2 Å². The van der Waals surface area contributed by atoms with Crippen molar-refractivity contribution in [3.63, 3.8) is 0 Å². The number of methoxy groups -OCH3 is 1. The largest absolute Gasteiger partial charge is 0.457 e. The molecular formula is C13H17NO3. The van der Waals surface area contributed by atoms with E-state index in [9.17, 15) is 4.79 Å². The van der Waals surface area contributed by atoms with Crippen LogP contribution in [0.2, 0.25) is 0 Å². The van der Waals surface area contributed by atoms with Crippen LogP contribution in [0.5, 0.6) is 0 Å². The molecule has 0 bridgehead atoms. The first-order chi connectivity index (χ1) is 8.20. The average molecular weight is 235 g/mol. The van der Waals surface area contributed by atoms with E-state index in [1.54, 1.807) is 7.11 Å². The molecule has 0 radical (unpaired) electrons. The van der Waals surface area contributed by atoms with Gasteiger partial charge in [-0.3, -0.25) is 0 Å². The lowest BCUT2D eigenvalue weighted by molar-refractivity contribution is 0.0120. The summed E-state index contributed by atoms with van der Waals surface area (Å²) in [5.41, 5.74) is 2.88. The number of anilines is 1. The predicted octanol–water partition coefficient (Wildman–Crippen LogP) is 1.85. The minimum atomic E-state index is -0.300. The molecule has 1 N–H and O–H groups in total. The van der Waals surface area contributed by atoms with Crippen LogP contribution in [0.25, 0.3) is 0 Å². The number of rotatable bonds is 4. The maximum atomic E-state index is 11.8. The third-order valence-electron chi connectivity index (χ3n) is 2.76. The molecule has 92 valence electrons. The van der Waals surface area contributed by atoms with E-state index in [2.05, 4.69) is 5.32 Å². The second-order valence-corrected chi connectivity index (χ2v) is 4.22. The fraction of sp³-hybridized carbons (Fsp3) is 0.462. The van der Waals surface area contributed by atoms with Gasteiger partial charge >= 0.3 is 5.97 Å². The lowest BCUT2D eigenvalue weighted by atomic mass is 10.1. The van der Waals surface area contributed by atoms with Gasteiger partial charge in [0.1, 0.15) is 6.10 Å². The molecule has 0 fully saturated rings. The fourth-order valence-corrected chi connectivity index (χ4v) is 1.94. The molecule has 4 heteroatoms. The van der Waals surface area contributed by atoms with Gasteiger partial charge in [-0.15, -0.1) is 0 Å². The van der Waals surface area contributed by atoms with E-state index in [4.69, 9.17) is 9.47 Å². The SMILES string of the molecule is COCC(C)OC(=O)c1ccc2c(c1)NCC2. The first kappa shape index (κ1) is 11.9. The van der Waals surface area contributed by atoms with Gasteiger partial charge in [0.2, 0.25) is 0 Å². The van der Waals surface area contributed by atoms with Crippen LogP contribution in [-0.4, -0.2) is 32.3 Å². The summed E-state index contributed by atoms with van der Waals surface area (Å²) in [7, 11) is 1.59. The Labute approximate surface area is 101 Å².